The van der Waals surface area contributed by atoms with Crippen molar-refractivity contribution in [1.29, 1.82) is 0 Å². The van der Waals surface area contributed by atoms with Crippen molar-refractivity contribution >= 4 is 28.3 Å². The van der Waals surface area contributed by atoms with Crippen LogP contribution in [0.4, 0.5) is 10.2 Å². The Morgan fingerprint density at radius 2 is 2.03 bits per heavy atom. The van der Waals surface area contributed by atoms with Crippen LogP contribution in [-0.2, 0) is 17.8 Å². The van der Waals surface area contributed by atoms with Gasteiger partial charge in [-0.05, 0) is 54.1 Å². The molecule has 8 heteroatoms. The molecule has 2 aliphatic heterocycles. The molecule has 0 amide bonds. The predicted molar refractivity (Wildman–Crippen MR) is 130 cm³/mol. The zero-order valence-electron chi connectivity index (χ0n) is 18.5. The number of halogens is 2. The van der Waals surface area contributed by atoms with E-state index in [0.29, 0.717) is 24.2 Å². The molecule has 1 N–H and O–H groups in total. The van der Waals surface area contributed by atoms with Gasteiger partial charge in [-0.25, -0.2) is 9.37 Å². The lowest BCUT2D eigenvalue weighted by molar-refractivity contribution is 0.0209. The smallest absolute Gasteiger partial charge is 0.142 e. The van der Waals surface area contributed by atoms with Crippen molar-refractivity contribution in [3.63, 3.8) is 0 Å². The third-order valence-electron chi connectivity index (χ3n) is 6.30. The van der Waals surface area contributed by atoms with Gasteiger partial charge in [0, 0.05) is 48.7 Å². The third kappa shape index (κ3) is 4.22. The number of ether oxygens (including phenoxy) is 2. The number of benzene rings is 2. The van der Waals surface area contributed by atoms with Crippen LogP contribution in [-0.4, -0.2) is 46.9 Å². The molecule has 1 saturated heterocycles. The second kappa shape index (κ2) is 8.91. The Bertz CT molecular complexity index is 1350. The highest BCUT2D eigenvalue weighted by molar-refractivity contribution is 6.32. The molecule has 0 unspecified atom stereocenters. The van der Waals surface area contributed by atoms with Gasteiger partial charge in [-0.3, -0.25) is 4.90 Å². The number of fused-ring (bicyclic) bond motifs is 2. The Balaban J connectivity index is 1.26. The fourth-order valence-electron chi connectivity index (χ4n) is 4.56. The normalized spacial score (nSPS) is 16.5. The van der Waals surface area contributed by atoms with Crippen LogP contribution in [0.2, 0.25) is 5.02 Å². The summed E-state index contributed by atoms with van der Waals surface area (Å²) in [6.45, 7) is 4.27. The number of anilines is 1. The van der Waals surface area contributed by atoms with E-state index in [0.717, 1.165) is 60.0 Å². The summed E-state index contributed by atoms with van der Waals surface area (Å²) < 4.78 is 27.0. The van der Waals surface area contributed by atoms with Crippen LogP contribution < -0.4 is 10.1 Å². The van der Waals surface area contributed by atoms with Gasteiger partial charge in [0.15, 0.2) is 0 Å². The average Bonchev–Trinajstić information content (AvgIpc) is 3.09. The molecule has 34 heavy (non-hydrogen) atoms. The van der Waals surface area contributed by atoms with Gasteiger partial charge in [-0.15, -0.1) is 0 Å². The number of aromatic nitrogens is 2. The number of hydrogen-bond donors (Lipinski definition) is 1. The minimum atomic E-state index is -0.246. The molecule has 0 atom stereocenters. The molecule has 6 nitrogen and oxygen atoms in total. The van der Waals surface area contributed by atoms with Crippen molar-refractivity contribution in [3.05, 3.63) is 82.9 Å². The van der Waals surface area contributed by atoms with Crippen molar-refractivity contribution in [3.8, 4) is 11.4 Å². The van der Waals surface area contributed by atoms with Gasteiger partial charge in [-0.1, -0.05) is 11.6 Å². The molecule has 0 saturated carbocycles. The Labute approximate surface area is 201 Å². The van der Waals surface area contributed by atoms with Gasteiger partial charge in [0.25, 0.3) is 0 Å². The second-order valence-corrected chi connectivity index (χ2v) is 9.20. The predicted octanol–water partition coefficient (Wildman–Crippen LogP) is 5.02. The van der Waals surface area contributed by atoms with Crippen LogP contribution in [0.3, 0.4) is 0 Å². The monoisotopic (exact) mass is 478 g/mol. The van der Waals surface area contributed by atoms with E-state index in [4.69, 9.17) is 21.1 Å². The number of pyridine rings is 1. The molecule has 0 spiro atoms. The molecule has 2 aromatic heterocycles. The largest absolute Gasteiger partial charge is 0.490 e. The minimum absolute atomic E-state index is 0.246. The Morgan fingerprint density at radius 3 is 2.88 bits per heavy atom. The maximum Gasteiger partial charge on any atom is 0.142 e. The lowest BCUT2D eigenvalue weighted by Crippen LogP contribution is -2.40. The first-order chi connectivity index (χ1) is 16.6. The van der Waals surface area contributed by atoms with Gasteiger partial charge in [-0.2, -0.15) is 0 Å². The van der Waals surface area contributed by atoms with Gasteiger partial charge in [0.05, 0.1) is 29.8 Å². The molecule has 4 aromatic rings. The molecule has 2 aliphatic rings. The lowest BCUT2D eigenvalue weighted by atomic mass is 10.1. The summed E-state index contributed by atoms with van der Waals surface area (Å²) in [5.41, 5.74) is 4.07. The molecule has 0 radical (unpaired) electrons. The Morgan fingerprint density at radius 1 is 1.12 bits per heavy atom. The summed E-state index contributed by atoms with van der Waals surface area (Å²) in [5.74, 6) is 1.36. The van der Waals surface area contributed by atoms with E-state index in [1.807, 2.05) is 35.2 Å². The fraction of sp³-hybridized carbons (Fsp3) is 0.269. The van der Waals surface area contributed by atoms with Crippen molar-refractivity contribution < 1.29 is 13.9 Å². The van der Waals surface area contributed by atoms with Crippen molar-refractivity contribution in [1.82, 2.24) is 14.5 Å². The second-order valence-electron chi connectivity index (χ2n) is 8.79. The molecular formula is C26H24ClFN4O2. The van der Waals surface area contributed by atoms with Crippen LogP contribution in [0.25, 0.3) is 16.6 Å². The first kappa shape index (κ1) is 21.4. The van der Waals surface area contributed by atoms with E-state index in [-0.39, 0.29) is 5.82 Å². The van der Waals surface area contributed by atoms with E-state index in [2.05, 4.69) is 27.3 Å². The molecule has 6 rings (SSSR count). The highest BCUT2D eigenvalue weighted by Gasteiger charge is 2.21. The SMILES string of the molecule is Fc1ccc2c(ccn2-c2cc(Cl)c3c(c2)CN(Cc2ccnc(NC4COC4)c2)CCO3)c1. The van der Waals surface area contributed by atoms with E-state index >= 15 is 0 Å². The standard InChI is InChI=1S/C26H24ClFN4O2/c27-23-12-22(32-6-4-18-10-20(28)1-2-24(18)32)11-19-14-31(7-8-34-26(19)23)13-17-3-5-29-25(9-17)30-21-15-33-16-21/h1-6,9-12,21H,7-8,13-16H2,(H,29,30). The van der Waals surface area contributed by atoms with Crippen LogP contribution in [0, 0.1) is 5.82 Å². The minimum Gasteiger partial charge on any atom is -0.490 e. The highest BCUT2D eigenvalue weighted by atomic mass is 35.5. The average molecular weight is 479 g/mol. The molecular weight excluding hydrogens is 455 g/mol. The topological polar surface area (TPSA) is 51.6 Å². The van der Waals surface area contributed by atoms with Gasteiger partial charge >= 0.3 is 0 Å². The zero-order valence-corrected chi connectivity index (χ0v) is 19.3. The van der Waals surface area contributed by atoms with Crippen LogP contribution in [0.15, 0.2) is 60.9 Å². The quantitative estimate of drug-likeness (QED) is 0.436. The summed E-state index contributed by atoms with van der Waals surface area (Å²) in [4.78, 5) is 6.79. The number of rotatable bonds is 5. The molecule has 2 aromatic carbocycles. The molecule has 4 heterocycles. The summed E-state index contributed by atoms with van der Waals surface area (Å²) in [6, 6.07) is 15.2. The molecule has 0 bridgehead atoms. The Kier molecular flexibility index (Phi) is 5.61. The van der Waals surface area contributed by atoms with Crippen molar-refractivity contribution in [2.45, 2.75) is 19.1 Å². The summed E-state index contributed by atoms with van der Waals surface area (Å²) in [7, 11) is 0. The molecule has 1 fully saturated rings. The maximum absolute atomic E-state index is 13.6. The first-order valence-electron chi connectivity index (χ1n) is 11.4. The van der Waals surface area contributed by atoms with Crippen LogP contribution >= 0.6 is 11.6 Å². The van der Waals surface area contributed by atoms with Crippen LogP contribution in [0.1, 0.15) is 11.1 Å². The molecule has 174 valence electrons. The highest BCUT2D eigenvalue weighted by Crippen LogP contribution is 2.35. The summed E-state index contributed by atoms with van der Waals surface area (Å²) in [6.07, 6.45) is 3.78. The zero-order chi connectivity index (χ0) is 23.1. The van der Waals surface area contributed by atoms with Crippen molar-refractivity contribution in [2.75, 3.05) is 31.7 Å². The first-order valence-corrected chi connectivity index (χ1v) is 11.7. The third-order valence-corrected chi connectivity index (χ3v) is 6.58. The van der Waals surface area contributed by atoms with E-state index in [1.165, 1.54) is 17.7 Å². The molecule has 0 aliphatic carbocycles. The number of nitrogens with zero attached hydrogens (tertiary/aromatic N) is 3. The lowest BCUT2D eigenvalue weighted by Gasteiger charge is -2.27. The fourth-order valence-corrected chi connectivity index (χ4v) is 4.85. The summed E-state index contributed by atoms with van der Waals surface area (Å²) >= 11 is 6.67. The van der Waals surface area contributed by atoms with Crippen molar-refractivity contribution in [2.24, 2.45) is 0 Å². The van der Waals surface area contributed by atoms with Gasteiger partial charge in [0.1, 0.15) is 24.0 Å². The van der Waals surface area contributed by atoms with E-state index in [1.54, 1.807) is 6.07 Å². The van der Waals surface area contributed by atoms with E-state index in [9.17, 15) is 4.39 Å². The van der Waals surface area contributed by atoms with Gasteiger partial charge < -0.3 is 19.4 Å². The maximum atomic E-state index is 13.6. The number of hydrogen-bond acceptors (Lipinski definition) is 5. The van der Waals surface area contributed by atoms with Gasteiger partial charge in [0.2, 0.25) is 0 Å². The van der Waals surface area contributed by atoms with E-state index < -0.39 is 0 Å². The summed E-state index contributed by atoms with van der Waals surface area (Å²) in [5, 5.41) is 4.84. The number of nitrogens with one attached hydrogen (secondary N) is 1. The van der Waals surface area contributed by atoms with Crippen LogP contribution in [0.5, 0.6) is 5.75 Å². The Hall–Kier alpha value is -3.13.